The van der Waals surface area contributed by atoms with Crippen LogP contribution in [0.15, 0.2) is 47.4 Å². The summed E-state index contributed by atoms with van der Waals surface area (Å²) in [6.07, 6.45) is 1.17. The van der Waals surface area contributed by atoms with E-state index in [-0.39, 0.29) is 10.8 Å². The number of hydrogen-bond acceptors (Lipinski definition) is 4. The Morgan fingerprint density at radius 1 is 1.08 bits per heavy atom. The summed E-state index contributed by atoms with van der Waals surface area (Å²) in [6, 6.07) is 11.9. The summed E-state index contributed by atoms with van der Waals surface area (Å²) in [7, 11) is -4.05. The van der Waals surface area contributed by atoms with E-state index >= 15 is 0 Å². The molecule has 1 saturated heterocycles. The van der Waals surface area contributed by atoms with Gasteiger partial charge < -0.3 is 5.32 Å². The molecule has 1 N–H and O–H groups in total. The number of nitrogens with one attached hydrogen (secondary N) is 1. The van der Waals surface area contributed by atoms with Crippen molar-refractivity contribution in [1.29, 1.82) is 0 Å². The number of carbonyl (C=O) groups is 1. The fraction of sp³-hybridized carbons (Fsp3) is 0.316. The topological polar surface area (TPSA) is 66.5 Å². The van der Waals surface area contributed by atoms with E-state index in [1.54, 1.807) is 31.2 Å². The maximum absolute atomic E-state index is 13.4. The molecule has 1 fully saturated rings. The van der Waals surface area contributed by atoms with Gasteiger partial charge in [-0.1, -0.05) is 35.9 Å². The first-order chi connectivity index (χ1) is 12.4. The van der Waals surface area contributed by atoms with Crippen molar-refractivity contribution in [2.24, 2.45) is 0 Å². The number of anilines is 1. The molecule has 2 aromatic rings. The van der Waals surface area contributed by atoms with Gasteiger partial charge in [-0.15, -0.1) is 0 Å². The van der Waals surface area contributed by atoms with Gasteiger partial charge in [0.25, 0.3) is 15.9 Å². The van der Waals surface area contributed by atoms with E-state index in [1.165, 1.54) is 6.07 Å². The number of benzene rings is 2. The summed E-state index contributed by atoms with van der Waals surface area (Å²) in [5.41, 5.74) is 0.931. The Morgan fingerprint density at radius 2 is 1.77 bits per heavy atom. The van der Waals surface area contributed by atoms with E-state index in [2.05, 4.69) is 5.32 Å². The molecule has 0 atom stereocenters. The van der Waals surface area contributed by atoms with Gasteiger partial charge in [0.05, 0.1) is 16.0 Å². The molecule has 136 valence electrons. The summed E-state index contributed by atoms with van der Waals surface area (Å²) in [5.74, 6) is -0.362. The molecule has 2 aromatic carbocycles. The normalized spacial score (nSPS) is 19.0. The third kappa shape index (κ3) is 2.32. The predicted octanol–water partition coefficient (Wildman–Crippen LogP) is 3.01. The van der Waals surface area contributed by atoms with Crippen LogP contribution in [0.2, 0.25) is 5.02 Å². The minimum Gasteiger partial charge on any atom is -0.317 e. The molecule has 1 amide bonds. The lowest BCUT2D eigenvalue weighted by atomic mass is 9.74. The fourth-order valence-electron chi connectivity index (χ4n) is 4.02. The van der Waals surface area contributed by atoms with Gasteiger partial charge in [-0.05, 0) is 62.2 Å². The van der Waals surface area contributed by atoms with E-state index in [9.17, 15) is 13.2 Å². The van der Waals surface area contributed by atoms with Crippen molar-refractivity contribution < 1.29 is 13.2 Å². The van der Waals surface area contributed by atoms with Crippen LogP contribution in [0.3, 0.4) is 0 Å². The first kappa shape index (κ1) is 17.5. The molecule has 0 saturated carbocycles. The molecule has 4 rings (SSSR count). The van der Waals surface area contributed by atoms with Crippen molar-refractivity contribution in [2.75, 3.05) is 17.4 Å². The molecular weight excluding hydrogens is 372 g/mol. The van der Waals surface area contributed by atoms with E-state index in [4.69, 9.17) is 11.6 Å². The zero-order chi connectivity index (χ0) is 18.5. The minimum atomic E-state index is -4.05. The Bertz CT molecular complexity index is 998. The van der Waals surface area contributed by atoms with Gasteiger partial charge in [0.1, 0.15) is 0 Å². The van der Waals surface area contributed by atoms with E-state index in [1.807, 2.05) is 12.1 Å². The summed E-state index contributed by atoms with van der Waals surface area (Å²) in [6.45, 7) is 3.02. The van der Waals surface area contributed by atoms with Crippen LogP contribution in [0.4, 0.5) is 5.69 Å². The molecule has 26 heavy (non-hydrogen) atoms. The monoisotopic (exact) mass is 390 g/mol. The summed E-state index contributed by atoms with van der Waals surface area (Å²) < 4.78 is 27.9. The number of hydrogen-bond donors (Lipinski definition) is 1. The average Bonchev–Trinajstić information content (AvgIpc) is 2.87. The molecule has 2 aliphatic heterocycles. The van der Waals surface area contributed by atoms with Crippen LogP contribution in [-0.4, -0.2) is 27.4 Å². The van der Waals surface area contributed by atoms with Gasteiger partial charge >= 0.3 is 0 Å². The third-order valence-electron chi connectivity index (χ3n) is 5.43. The smallest absolute Gasteiger partial charge is 0.271 e. The first-order valence-corrected chi connectivity index (χ1v) is 10.4. The number of sulfonamides is 1. The molecule has 0 bridgehead atoms. The van der Waals surface area contributed by atoms with Crippen LogP contribution < -0.4 is 9.62 Å². The van der Waals surface area contributed by atoms with Crippen molar-refractivity contribution in [1.82, 2.24) is 5.32 Å². The number of fused-ring (bicyclic) bond motifs is 2. The fourth-order valence-corrected chi connectivity index (χ4v) is 6.00. The molecule has 5 nitrogen and oxygen atoms in total. The van der Waals surface area contributed by atoms with Crippen molar-refractivity contribution in [3.05, 3.63) is 58.6 Å². The lowest BCUT2D eigenvalue weighted by molar-refractivity contribution is -0.122. The lowest BCUT2D eigenvalue weighted by Crippen LogP contribution is -2.48. The zero-order valence-corrected chi connectivity index (χ0v) is 15.9. The Balaban J connectivity index is 1.92. The second-order valence-electron chi connectivity index (χ2n) is 6.79. The molecule has 0 radical (unpaired) electrons. The van der Waals surface area contributed by atoms with E-state index in [0.717, 1.165) is 9.87 Å². The molecule has 2 heterocycles. The van der Waals surface area contributed by atoms with Gasteiger partial charge in [-0.25, -0.2) is 12.7 Å². The number of piperidine rings is 1. The Kier molecular flexibility index (Phi) is 4.10. The van der Waals surface area contributed by atoms with Gasteiger partial charge in [-0.2, -0.15) is 0 Å². The summed E-state index contributed by atoms with van der Waals surface area (Å²) in [5, 5.41) is 3.61. The second kappa shape index (κ2) is 6.08. The highest BCUT2D eigenvalue weighted by molar-refractivity contribution is 7.93. The van der Waals surface area contributed by atoms with Crippen LogP contribution in [-0.2, 0) is 20.2 Å². The molecule has 7 heteroatoms. The van der Waals surface area contributed by atoms with E-state index in [0.29, 0.717) is 42.2 Å². The number of para-hydroxylation sites is 1. The average molecular weight is 391 g/mol. The highest BCUT2D eigenvalue weighted by atomic mass is 35.5. The summed E-state index contributed by atoms with van der Waals surface area (Å²) >= 11 is 6.13. The Hall–Kier alpha value is -1.89. The van der Waals surface area contributed by atoms with Gasteiger partial charge in [0.15, 0.2) is 0 Å². The van der Waals surface area contributed by atoms with Gasteiger partial charge in [0.2, 0.25) is 0 Å². The first-order valence-electron chi connectivity index (χ1n) is 8.55. The van der Waals surface area contributed by atoms with Crippen molar-refractivity contribution >= 4 is 33.2 Å². The van der Waals surface area contributed by atoms with E-state index < -0.39 is 15.4 Å². The predicted molar refractivity (Wildman–Crippen MR) is 101 cm³/mol. The second-order valence-corrected chi connectivity index (χ2v) is 8.95. The molecule has 0 aromatic heterocycles. The van der Waals surface area contributed by atoms with Gasteiger partial charge in [0, 0.05) is 5.02 Å². The number of nitrogens with zero attached hydrogens (tertiary/aromatic N) is 1. The standard InChI is InChI=1S/C19H19ClN2O3S/c1-13-15(20)6-4-8-17(13)26(24,25)22-16-7-3-2-5-14(16)19(18(22)23)9-11-21-12-10-19/h2-8,21H,9-12H2,1H3. The minimum absolute atomic E-state index is 0.0686. The molecule has 1 spiro atoms. The molecule has 0 unspecified atom stereocenters. The van der Waals surface area contributed by atoms with Crippen LogP contribution in [0, 0.1) is 6.92 Å². The number of amides is 1. The SMILES string of the molecule is Cc1c(Cl)cccc1S(=O)(=O)N1C(=O)C2(CCNCC2)c2ccccc21. The molecule has 2 aliphatic rings. The Labute approximate surface area is 158 Å². The molecular formula is C19H19ClN2O3S. The Morgan fingerprint density at radius 3 is 2.50 bits per heavy atom. The largest absolute Gasteiger partial charge is 0.317 e. The highest BCUT2D eigenvalue weighted by Crippen LogP contribution is 2.49. The number of carbonyl (C=O) groups excluding carboxylic acids is 1. The number of rotatable bonds is 2. The van der Waals surface area contributed by atoms with Crippen molar-refractivity contribution in [3.8, 4) is 0 Å². The third-order valence-corrected chi connectivity index (χ3v) is 7.68. The summed E-state index contributed by atoms with van der Waals surface area (Å²) in [4.78, 5) is 13.5. The van der Waals surface area contributed by atoms with Crippen LogP contribution in [0.5, 0.6) is 0 Å². The van der Waals surface area contributed by atoms with Crippen LogP contribution in [0.25, 0.3) is 0 Å². The maximum Gasteiger partial charge on any atom is 0.271 e. The molecule has 0 aliphatic carbocycles. The number of halogens is 1. The maximum atomic E-state index is 13.4. The van der Waals surface area contributed by atoms with Crippen molar-refractivity contribution in [3.63, 3.8) is 0 Å². The lowest BCUT2D eigenvalue weighted by Gasteiger charge is -2.32. The van der Waals surface area contributed by atoms with Crippen LogP contribution >= 0.6 is 11.6 Å². The highest BCUT2D eigenvalue weighted by Gasteiger charge is 2.54. The zero-order valence-electron chi connectivity index (χ0n) is 14.3. The van der Waals surface area contributed by atoms with Gasteiger partial charge in [-0.3, -0.25) is 4.79 Å². The quantitative estimate of drug-likeness (QED) is 0.856. The van der Waals surface area contributed by atoms with Crippen LogP contribution in [0.1, 0.15) is 24.0 Å². The van der Waals surface area contributed by atoms with Crippen molar-refractivity contribution in [2.45, 2.75) is 30.1 Å².